The van der Waals surface area contributed by atoms with Crippen molar-refractivity contribution in [2.75, 3.05) is 0 Å². The van der Waals surface area contributed by atoms with E-state index in [-0.39, 0.29) is 0 Å². The van der Waals surface area contributed by atoms with Gasteiger partial charge in [0.1, 0.15) is 0 Å². The van der Waals surface area contributed by atoms with Gasteiger partial charge in [-0.1, -0.05) is 206 Å². The molecule has 0 aromatic heterocycles. The highest BCUT2D eigenvalue weighted by Gasteiger charge is 2.15. The van der Waals surface area contributed by atoms with Crippen LogP contribution in [-0.4, -0.2) is 0 Å². The molecule has 10 rings (SSSR count). The summed E-state index contributed by atoms with van der Waals surface area (Å²) in [6.45, 7) is 0. The third-order valence-corrected chi connectivity index (χ3v) is 11.1. The highest BCUT2D eigenvalue weighted by molar-refractivity contribution is 6.12. The summed E-state index contributed by atoms with van der Waals surface area (Å²) in [5, 5.41) is 5.00. The molecule has 10 aromatic rings. The second kappa shape index (κ2) is 14.5. The molecule has 0 unspecified atom stereocenters. The molecule has 0 aliphatic rings. The summed E-state index contributed by atoms with van der Waals surface area (Å²) in [4.78, 5) is 0. The molecular formula is C56H38. The lowest BCUT2D eigenvalue weighted by Gasteiger charge is -2.16. The molecule has 10 aromatic carbocycles. The van der Waals surface area contributed by atoms with Gasteiger partial charge in [0.25, 0.3) is 0 Å². The van der Waals surface area contributed by atoms with Crippen LogP contribution >= 0.6 is 0 Å². The van der Waals surface area contributed by atoms with Crippen LogP contribution in [0.15, 0.2) is 231 Å². The molecule has 56 heavy (non-hydrogen) atoms. The van der Waals surface area contributed by atoms with Crippen LogP contribution < -0.4 is 0 Å². The molecule has 0 amide bonds. The van der Waals surface area contributed by atoms with Gasteiger partial charge in [-0.2, -0.15) is 0 Å². The number of hydrogen-bond donors (Lipinski definition) is 0. The van der Waals surface area contributed by atoms with Crippen molar-refractivity contribution in [3.05, 3.63) is 231 Å². The first-order valence-electron chi connectivity index (χ1n) is 19.3. The van der Waals surface area contributed by atoms with Gasteiger partial charge in [-0.15, -0.1) is 0 Å². The molecule has 0 N–H and O–H groups in total. The SMILES string of the molecule is c1ccc(-c2cccc(-c3cccc(-c4ccc(-c5ccc(-c6cccc(-c7cccc(-c8ccccc8)c7)c6)c6ccccc56)c5ccccc45)c3)c2)cc1. The first-order chi connectivity index (χ1) is 27.8. The van der Waals surface area contributed by atoms with E-state index in [2.05, 4.69) is 231 Å². The van der Waals surface area contributed by atoms with Crippen LogP contribution in [0.25, 0.3) is 99.4 Å². The summed E-state index contributed by atoms with van der Waals surface area (Å²) in [6, 6.07) is 83.9. The fraction of sp³-hybridized carbons (Fsp3) is 0. The van der Waals surface area contributed by atoms with Gasteiger partial charge < -0.3 is 0 Å². The number of rotatable bonds is 7. The minimum atomic E-state index is 1.21. The van der Waals surface area contributed by atoms with Crippen LogP contribution in [-0.2, 0) is 0 Å². The predicted molar refractivity (Wildman–Crippen MR) is 240 cm³/mol. The molecule has 0 bridgehead atoms. The van der Waals surface area contributed by atoms with Gasteiger partial charge in [-0.25, -0.2) is 0 Å². The fourth-order valence-electron chi connectivity index (χ4n) is 8.32. The standard InChI is InChI=1S/C56H38/c1-3-15-39(16-4-1)41-19-11-21-43(35-41)45-23-13-25-47(37-45)49-31-33-55(53-29-9-7-27-51(49)53)56-34-32-50(52-28-8-10-30-54(52)56)48-26-14-24-46(38-48)44-22-12-20-42(36-44)40-17-5-2-6-18-40/h1-38H. The van der Waals surface area contributed by atoms with Crippen LogP contribution in [0.4, 0.5) is 0 Å². The van der Waals surface area contributed by atoms with E-state index in [9.17, 15) is 0 Å². The van der Waals surface area contributed by atoms with Gasteiger partial charge >= 0.3 is 0 Å². The molecule has 0 heteroatoms. The number of benzene rings is 10. The summed E-state index contributed by atoms with van der Waals surface area (Å²) in [5.74, 6) is 0. The van der Waals surface area contributed by atoms with Gasteiger partial charge in [0, 0.05) is 0 Å². The summed E-state index contributed by atoms with van der Waals surface area (Å²) in [5.41, 5.74) is 17.1. The van der Waals surface area contributed by atoms with Crippen molar-refractivity contribution in [3.63, 3.8) is 0 Å². The highest BCUT2D eigenvalue weighted by Crippen LogP contribution is 2.42. The normalized spacial score (nSPS) is 11.2. The lowest BCUT2D eigenvalue weighted by Crippen LogP contribution is -1.90. The molecule has 0 spiro atoms. The molecule has 0 aliphatic heterocycles. The zero-order valence-electron chi connectivity index (χ0n) is 30.9. The quantitative estimate of drug-likeness (QED) is 0.154. The maximum Gasteiger partial charge on any atom is -0.00987 e. The van der Waals surface area contributed by atoms with Crippen LogP contribution in [0.2, 0.25) is 0 Å². The summed E-state index contributed by atoms with van der Waals surface area (Å²) >= 11 is 0. The Morgan fingerprint density at radius 2 is 0.375 bits per heavy atom. The summed E-state index contributed by atoms with van der Waals surface area (Å²) < 4.78 is 0. The van der Waals surface area contributed by atoms with Crippen LogP contribution in [0.1, 0.15) is 0 Å². The van der Waals surface area contributed by atoms with E-state index in [1.54, 1.807) is 0 Å². The Bertz CT molecular complexity index is 2800. The second-order valence-electron chi connectivity index (χ2n) is 14.5. The molecule has 0 saturated heterocycles. The van der Waals surface area contributed by atoms with Crippen molar-refractivity contribution < 1.29 is 0 Å². The molecule has 0 nitrogen and oxygen atoms in total. The topological polar surface area (TPSA) is 0 Å². The number of fused-ring (bicyclic) bond motifs is 2. The molecule has 0 aliphatic carbocycles. The Hall–Kier alpha value is -7.28. The fourth-order valence-corrected chi connectivity index (χ4v) is 8.32. The van der Waals surface area contributed by atoms with E-state index in [1.165, 1.54) is 99.4 Å². The Kier molecular flexibility index (Phi) is 8.63. The monoisotopic (exact) mass is 710 g/mol. The predicted octanol–water partition coefficient (Wildman–Crippen LogP) is 15.7. The van der Waals surface area contributed by atoms with Crippen molar-refractivity contribution in [1.82, 2.24) is 0 Å². The van der Waals surface area contributed by atoms with Gasteiger partial charge in [-0.3, -0.25) is 0 Å². The van der Waals surface area contributed by atoms with E-state index < -0.39 is 0 Å². The summed E-state index contributed by atoms with van der Waals surface area (Å²) in [7, 11) is 0. The van der Waals surface area contributed by atoms with Crippen molar-refractivity contribution in [3.8, 4) is 77.9 Å². The van der Waals surface area contributed by atoms with Crippen LogP contribution in [0, 0.1) is 0 Å². The smallest absolute Gasteiger partial charge is 0.00987 e. The van der Waals surface area contributed by atoms with Gasteiger partial charge in [0.2, 0.25) is 0 Å². The molecule has 0 heterocycles. The van der Waals surface area contributed by atoms with E-state index in [0.29, 0.717) is 0 Å². The molecule has 0 saturated carbocycles. The Morgan fingerprint density at radius 3 is 0.732 bits per heavy atom. The van der Waals surface area contributed by atoms with Crippen LogP contribution in [0.5, 0.6) is 0 Å². The second-order valence-corrected chi connectivity index (χ2v) is 14.5. The molecule has 262 valence electrons. The lowest BCUT2D eigenvalue weighted by molar-refractivity contribution is 1.58. The Morgan fingerprint density at radius 1 is 0.143 bits per heavy atom. The average molecular weight is 711 g/mol. The maximum atomic E-state index is 2.34. The van der Waals surface area contributed by atoms with Gasteiger partial charge in [0.15, 0.2) is 0 Å². The van der Waals surface area contributed by atoms with E-state index >= 15 is 0 Å². The summed E-state index contributed by atoms with van der Waals surface area (Å²) in [6.07, 6.45) is 0. The largest absolute Gasteiger partial charge is 0.0622 e. The third-order valence-electron chi connectivity index (χ3n) is 11.1. The third kappa shape index (κ3) is 6.28. The first-order valence-corrected chi connectivity index (χ1v) is 19.3. The zero-order valence-corrected chi connectivity index (χ0v) is 30.9. The molecule has 0 fully saturated rings. The number of hydrogen-bond acceptors (Lipinski definition) is 0. The van der Waals surface area contributed by atoms with Gasteiger partial charge in [-0.05, 0) is 124 Å². The molecule has 0 radical (unpaired) electrons. The zero-order chi connectivity index (χ0) is 37.3. The minimum Gasteiger partial charge on any atom is -0.0622 e. The van der Waals surface area contributed by atoms with Crippen molar-refractivity contribution in [2.24, 2.45) is 0 Å². The minimum absolute atomic E-state index is 1.21. The van der Waals surface area contributed by atoms with Gasteiger partial charge in [0.05, 0.1) is 0 Å². The van der Waals surface area contributed by atoms with Crippen molar-refractivity contribution in [2.45, 2.75) is 0 Å². The lowest BCUT2D eigenvalue weighted by atomic mass is 9.87. The Balaban J connectivity index is 1.03. The molecular weight excluding hydrogens is 673 g/mol. The maximum absolute atomic E-state index is 2.34. The highest BCUT2D eigenvalue weighted by atomic mass is 14.2. The van der Waals surface area contributed by atoms with E-state index in [1.807, 2.05) is 0 Å². The Labute approximate surface area is 328 Å². The van der Waals surface area contributed by atoms with E-state index in [4.69, 9.17) is 0 Å². The average Bonchev–Trinajstić information content (AvgIpc) is 3.29. The van der Waals surface area contributed by atoms with E-state index in [0.717, 1.165) is 0 Å². The molecule has 0 atom stereocenters. The van der Waals surface area contributed by atoms with Crippen LogP contribution in [0.3, 0.4) is 0 Å². The van der Waals surface area contributed by atoms with Crippen molar-refractivity contribution in [1.29, 1.82) is 0 Å². The van der Waals surface area contributed by atoms with Crippen molar-refractivity contribution >= 4 is 21.5 Å². The first kappa shape index (κ1) is 33.3.